The van der Waals surface area contributed by atoms with E-state index in [1.54, 1.807) is 7.05 Å². The lowest BCUT2D eigenvalue weighted by Crippen LogP contribution is -2.50. The summed E-state index contributed by atoms with van der Waals surface area (Å²) in [5.41, 5.74) is 0.227. The van der Waals surface area contributed by atoms with E-state index in [1.807, 2.05) is 50.2 Å². The molecular formula is C16H26N2O3. The maximum Gasteiger partial charge on any atom is 0.323 e. The highest BCUT2D eigenvalue weighted by Crippen LogP contribution is 2.21. The molecule has 0 aliphatic carbocycles. The van der Waals surface area contributed by atoms with E-state index in [-0.39, 0.29) is 0 Å². The van der Waals surface area contributed by atoms with Crippen molar-refractivity contribution < 1.29 is 14.6 Å². The quantitative estimate of drug-likeness (QED) is 0.685. The minimum atomic E-state index is -0.852. The lowest BCUT2D eigenvalue weighted by molar-refractivity contribution is -0.145. The van der Waals surface area contributed by atoms with E-state index in [4.69, 9.17) is 4.74 Å². The number of hydrogen-bond donors (Lipinski definition) is 2. The number of likely N-dealkylation sites (N-methyl/N-ethyl adjacent to an activating group) is 1. The van der Waals surface area contributed by atoms with Crippen molar-refractivity contribution in [3.05, 3.63) is 24.3 Å². The van der Waals surface area contributed by atoms with Gasteiger partial charge in [0, 0.05) is 25.8 Å². The molecule has 0 aliphatic heterocycles. The van der Waals surface area contributed by atoms with E-state index < -0.39 is 11.5 Å². The second-order valence-corrected chi connectivity index (χ2v) is 5.33. The molecule has 0 bridgehead atoms. The molecule has 0 saturated carbocycles. The van der Waals surface area contributed by atoms with E-state index >= 15 is 0 Å². The molecule has 118 valence electrons. The zero-order valence-electron chi connectivity index (χ0n) is 13.3. The minimum absolute atomic E-state index is 0.508. The molecule has 0 radical (unpaired) electrons. The van der Waals surface area contributed by atoms with Gasteiger partial charge in [0.25, 0.3) is 0 Å². The van der Waals surface area contributed by atoms with Crippen molar-refractivity contribution in [2.45, 2.75) is 31.7 Å². The molecule has 0 aromatic heterocycles. The number of nitrogens with zero attached hydrogens (tertiary/aromatic N) is 1. The normalized spacial score (nSPS) is 13.5. The summed E-state index contributed by atoms with van der Waals surface area (Å²) in [6.45, 7) is 2.39. The molecule has 1 unspecified atom stereocenters. The van der Waals surface area contributed by atoms with Crippen molar-refractivity contribution in [1.82, 2.24) is 5.32 Å². The SMILES string of the molecule is CCC(CCCOc1cccc(N(C)C)c1)(NC)C(=O)O. The lowest BCUT2D eigenvalue weighted by Gasteiger charge is -2.27. The molecular weight excluding hydrogens is 268 g/mol. The van der Waals surface area contributed by atoms with Crippen LogP contribution in [0.5, 0.6) is 5.75 Å². The number of ether oxygens (including phenoxy) is 1. The Morgan fingerprint density at radius 1 is 1.43 bits per heavy atom. The summed E-state index contributed by atoms with van der Waals surface area (Å²) in [6.07, 6.45) is 1.78. The molecule has 0 fully saturated rings. The van der Waals surface area contributed by atoms with Gasteiger partial charge in [0.1, 0.15) is 11.3 Å². The van der Waals surface area contributed by atoms with Crippen molar-refractivity contribution in [2.24, 2.45) is 0 Å². The Morgan fingerprint density at radius 2 is 2.14 bits per heavy atom. The molecule has 1 aromatic rings. The Bertz CT molecular complexity index is 457. The monoisotopic (exact) mass is 294 g/mol. The van der Waals surface area contributed by atoms with Crippen LogP contribution in [-0.2, 0) is 4.79 Å². The first-order valence-corrected chi connectivity index (χ1v) is 7.27. The summed E-state index contributed by atoms with van der Waals surface area (Å²) >= 11 is 0. The van der Waals surface area contributed by atoms with Crippen LogP contribution in [0.15, 0.2) is 24.3 Å². The van der Waals surface area contributed by atoms with Gasteiger partial charge in [-0.15, -0.1) is 0 Å². The van der Waals surface area contributed by atoms with E-state index in [9.17, 15) is 9.90 Å². The third-order valence-electron chi connectivity index (χ3n) is 3.84. The Labute approximate surface area is 126 Å². The Balaban J connectivity index is 2.50. The molecule has 5 heteroatoms. The first-order valence-electron chi connectivity index (χ1n) is 7.27. The topological polar surface area (TPSA) is 61.8 Å². The molecule has 2 N–H and O–H groups in total. The Hall–Kier alpha value is -1.75. The van der Waals surface area contributed by atoms with E-state index in [2.05, 4.69) is 5.32 Å². The van der Waals surface area contributed by atoms with Crippen LogP contribution in [0.2, 0.25) is 0 Å². The standard InChI is InChI=1S/C16H26N2O3/c1-5-16(17-2,15(19)20)10-7-11-21-14-9-6-8-13(12-14)18(3)4/h6,8-9,12,17H,5,7,10-11H2,1-4H3,(H,19,20). The second kappa shape index (κ2) is 7.88. The maximum atomic E-state index is 11.4. The second-order valence-electron chi connectivity index (χ2n) is 5.33. The summed E-state index contributed by atoms with van der Waals surface area (Å²) in [4.78, 5) is 13.4. The Kier molecular flexibility index (Phi) is 6.49. The smallest absolute Gasteiger partial charge is 0.323 e. The fourth-order valence-electron chi connectivity index (χ4n) is 2.26. The molecule has 0 heterocycles. The summed E-state index contributed by atoms with van der Waals surface area (Å²) in [6, 6.07) is 7.85. The summed E-state index contributed by atoms with van der Waals surface area (Å²) in [5, 5.41) is 12.3. The third kappa shape index (κ3) is 4.63. The number of rotatable bonds is 9. The van der Waals surface area contributed by atoms with Gasteiger partial charge in [-0.25, -0.2) is 0 Å². The molecule has 0 aliphatic rings. The van der Waals surface area contributed by atoms with Gasteiger partial charge in [-0.2, -0.15) is 0 Å². The zero-order chi connectivity index (χ0) is 15.9. The van der Waals surface area contributed by atoms with Gasteiger partial charge in [0.05, 0.1) is 6.61 Å². The van der Waals surface area contributed by atoms with E-state index in [1.165, 1.54) is 0 Å². The van der Waals surface area contributed by atoms with Crippen LogP contribution in [0.3, 0.4) is 0 Å². The van der Waals surface area contributed by atoms with Crippen molar-refractivity contribution >= 4 is 11.7 Å². The number of carbonyl (C=O) groups is 1. The van der Waals surface area contributed by atoms with Gasteiger partial charge in [0.15, 0.2) is 0 Å². The van der Waals surface area contributed by atoms with Gasteiger partial charge >= 0.3 is 5.97 Å². The van der Waals surface area contributed by atoms with Crippen molar-refractivity contribution in [3.8, 4) is 5.75 Å². The van der Waals surface area contributed by atoms with Crippen LogP contribution < -0.4 is 15.0 Å². The number of benzene rings is 1. The van der Waals surface area contributed by atoms with Crippen LogP contribution in [0.1, 0.15) is 26.2 Å². The Morgan fingerprint density at radius 3 is 2.67 bits per heavy atom. The fraction of sp³-hybridized carbons (Fsp3) is 0.562. The minimum Gasteiger partial charge on any atom is -0.494 e. The highest BCUT2D eigenvalue weighted by Gasteiger charge is 2.34. The van der Waals surface area contributed by atoms with Crippen molar-refractivity contribution in [1.29, 1.82) is 0 Å². The molecule has 0 amide bonds. The van der Waals surface area contributed by atoms with Gasteiger partial charge in [-0.1, -0.05) is 13.0 Å². The van der Waals surface area contributed by atoms with Gasteiger partial charge in [-0.05, 0) is 38.4 Å². The summed E-state index contributed by atoms with van der Waals surface area (Å²) in [7, 11) is 5.65. The first-order chi connectivity index (χ1) is 9.95. The average Bonchev–Trinajstić information content (AvgIpc) is 2.48. The molecule has 0 spiro atoms. The number of carboxylic acids is 1. The van der Waals surface area contributed by atoms with Crippen LogP contribution >= 0.6 is 0 Å². The van der Waals surface area contributed by atoms with Crippen LogP contribution in [0.4, 0.5) is 5.69 Å². The molecule has 1 atom stereocenters. The molecule has 1 aromatic carbocycles. The maximum absolute atomic E-state index is 11.4. The van der Waals surface area contributed by atoms with E-state index in [0.29, 0.717) is 25.9 Å². The number of nitrogens with one attached hydrogen (secondary N) is 1. The number of aliphatic carboxylic acids is 1. The predicted molar refractivity (Wildman–Crippen MR) is 85.2 cm³/mol. The third-order valence-corrected chi connectivity index (χ3v) is 3.84. The predicted octanol–water partition coefficient (Wildman–Crippen LogP) is 2.36. The van der Waals surface area contributed by atoms with E-state index in [0.717, 1.165) is 11.4 Å². The van der Waals surface area contributed by atoms with Crippen molar-refractivity contribution in [3.63, 3.8) is 0 Å². The number of hydrogen-bond acceptors (Lipinski definition) is 4. The summed E-state index contributed by atoms with van der Waals surface area (Å²) in [5.74, 6) is 0.00480. The van der Waals surface area contributed by atoms with Crippen LogP contribution in [0.25, 0.3) is 0 Å². The first kappa shape index (κ1) is 17.3. The highest BCUT2D eigenvalue weighted by atomic mass is 16.5. The van der Waals surface area contributed by atoms with Gasteiger partial charge < -0.3 is 20.1 Å². The average molecular weight is 294 g/mol. The van der Waals surface area contributed by atoms with Gasteiger partial charge in [-0.3, -0.25) is 4.79 Å². The van der Waals surface area contributed by atoms with Crippen molar-refractivity contribution in [2.75, 3.05) is 32.6 Å². The lowest BCUT2D eigenvalue weighted by atomic mass is 9.91. The van der Waals surface area contributed by atoms with Crippen LogP contribution in [0, 0.1) is 0 Å². The number of carboxylic acid groups (broad SMARTS) is 1. The van der Waals surface area contributed by atoms with Crippen LogP contribution in [-0.4, -0.2) is 44.4 Å². The zero-order valence-corrected chi connectivity index (χ0v) is 13.3. The van der Waals surface area contributed by atoms with Gasteiger partial charge in [0.2, 0.25) is 0 Å². The largest absolute Gasteiger partial charge is 0.494 e. The fourth-order valence-corrected chi connectivity index (χ4v) is 2.26. The number of anilines is 1. The molecule has 1 rings (SSSR count). The molecule has 5 nitrogen and oxygen atoms in total. The highest BCUT2D eigenvalue weighted by molar-refractivity contribution is 5.78. The summed E-state index contributed by atoms with van der Waals surface area (Å²) < 4.78 is 5.71. The molecule has 0 saturated heterocycles. The molecule has 21 heavy (non-hydrogen) atoms.